The van der Waals surface area contributed by atoms with E-state index in [1.54, 1.807) is 24.2 Å². The predicted octanol–water partition coefficient (Wildman–Crippen LogP) is 3.35. The number of aromatic amines is 1. The number of hydrogen-bond acceptors (Lipinski definition) is 3. The van der Waals surface area contributed by atoms with E-state index in [1.807, 2.05) is 18.2 Å². The number of fused-ring (bicyclic) bond motifs is 1. The van der Waals surface area contributed by atoms with Crippen molar-refractivity contribution in [1.29, 1.82) is 0 Å². The van der Waals surface area contributed by atoms with Crippen molar-refractivity contribution < 1.29 is 0 Å². The van der Waals surface area contributed by atoms with Crippen LogP contribution < -0.4 is 0 Å². The largest absolute Gasteiger partial charge is 0.337 e. The number of hydrogen-bond donors (Lipinski definition) is 1. The Kier molecular flexibility index (Phi) is 3.21. The maximum absolute atomic E-state index is 5.25. The fourth-order valence-electron chi connectivity index (χ4n) is 1.83. The van der Waals surface area contributed by atoms with Crippen LogP contribution in [-0.4, -0.2) is 20.7 Å². The van der Waals surface area contributed by atoms with Gasteiger partial charge in [-0.1, -0.05) is 18.1 Å². The Morgan fingerprint density at radius 1 is 1.21 bits per heavy atom. The number of aromatic nitrogens is 3. The molecule has 0 aliphatic heterocycles. The summed E-state index contributed by atoms with van der Waals surface area (Å²) in [7, 11) is 0. The van der Waals surface area contributed by atoms with E-state index in [4.69, 9.17) is 6.42 Å². The Morgan fingerprint density at radius 3 is 2.79 bits per heavy atom. The second-order valence-corrected chi connectivity index (χ2v) is 5.04. The molecule has 0 radical (unpaired) electrons. The summed E-state index contributed by atoms with van der Waals surface area (Å²) in [4.78, 5) is 13.0. The molecular formula is C15H11N3S. The number of rotatable bonds is 3. The highest BCUT2D eigenvalue weighted by Gasteiger charge is 2.04. The zero-order valence-corrected chi connectivity index (χ0v) is 10.9. The molecule has 0 unspecified atom stereocenters. The number of nitrogens with zero attached hydrogens (tertiary/aromatic N) is 2. The first-order chi connectivity index (χ1) is 9.36. The summed E-state index contributed by atoms with van der Waals surface area (Å²) in [6.45, 7) is 0. The molecule has 3 nitrogen and oxygen atoms in total. The third-order valence-corrected chi connectivity index (χ3v) is 3.65. The summed E-state index contributed by atoms with van der Waals surface area (Å²) in [5, 5.41) is 0. The van der Waals surface area contributed by atoms with Crippen molar-refractivity contribution in [2.75, 3.05) is 5.75 Å². The molecule has 0 saturated carbocycles. The predicted molar refractivity (Wildman–Crippen MR) is 78.9 cm³/mol. The summed E-state index contributed by atoms with van der Waals surface area (Å²) >= 11 is 1.65. The number of pyridine rings is 1. The maximum Gasteiger partial charge on any atom is 0.138 e. The lowest BCUT2D eigenvalue weighted by molar-refractivity contribution is 1.32. The van der Waals surface area contributed by atoms with Gasteiger partial charge in [0.2, 0.25) is 0 Å². The van der Waals surface area contributed by atoms with E-state index in [1.165, 1.54) is 4.90 Å². The minimum absolute atomic E-state index is 0.690. The highest BCUT2D eigenvalue weighted by molar-refractivity contribution is 7.99. The topological polar surface area (TPSA) is 41.6 Å². The standard InChI is InChI=1S/C15H11N3S/c1-2-9-19-12-5-3-11(4-6-12)15-17-13-7-8-16-10-14(13)18-15/h1,3-8,10H,9H2,(H,17,18). The molecule has 4 heteroatoms. The zero-order chi connectivity index (χ0) is 13.1. The quantitative estimate of drug-likeness (QED) is 0.583. The van der Waals surface area contributed by atoms with Crippen molar-refractivity contribution >= 4 is 22.8 Å². The molecule has 92 valence electrons. The van der Waals surface area contributed by atoms with Gasteiger partial charge in [0.15, 0.2) is 0 Å². The summed E-state index contributed by atoms with van der Waals surface area (Å²) in [6, 6.07) is 10.1. The van der Waals surface area contributed by atoms with Gasteiger partial charge < -0.3 is 4.98 Å². The fraction of sp³-hybridized carbons (Fsp3) is 0.0667. The smallest absolute Gasteiger partial charge is 0.138 e. The van der Waals surface area contributed by atoms with E-state index in [0.717, 1.165) is 22.4 Å². The minimum atomic E-state index is 0.690. The van der Waals surface area contributed by atoms with Crippen LogP contribution in [-0.2, 0) is 0 Å². The van der Waals surface area contributed by atoms with E-state index in [9.17, 15) is 0 Å². The molecule has 2 aromatic heterocycles. The van der Waals surface area contributed by atoms with Gasteiger partial charge in [0.1, 0.15) is 5.82 Å². The Morgan fingerprint density at radius 2 is 2.05 bits per heavy atom. The molecule has 19 heavy (non-hydrogen) atoms. The van der Waals surface area contributed by atoms with Crippen LogP contribution in [0, 0.1) is 12.3 Å². The van der Waals surface area contributed by atoms with Gasteiger partial charge in [-0.3, -0.25) is 4.98 Å². The van der Waals surface area contributed by atoms with E-state index < -0.39 is 0 Å². The summed E-state index contributed by atoms with van der Waals surface area (Å²) in [6.07, 6.45) is 8.77. The first kappa shape index (κ1) is 11.8. The molecule has 0 aliphatic rings. The van der Waals surface area contributed by atoms with Crippen LogP contribution in [0.1, 0.15) is 0 Å². The number of imidazole rings is 1. The fourth-order valence-corrected chi connectivity index (χ4v) is 2.41. The number of nitrogens with one attached hydrogen (secondary N) is 1. The number of terminal acetylenes is 1. The maximum atomic E-state index is 5.25. The highest BCUT2D eigenvalue weighted by Crippen LogP contribution is 2.23. The van der Waals surface area contributed by atoms with Crippen LogP contribution in [0.25, 0.3) is 22.4 Å². The summed E-state index contributed by atoms with van der Waals surface area (Å²) < 4.78 is 0. The molecule has 1 aromatic carbocycles. The second-order valence-electron chi connectivity index (χ2n) is 4.00. The lowest BCUT2D eigenvalue weighted by atomic mass is 10.2. The lowest BCUT2D eigenvalue weighted by Crippen LogP contribution is -1.81. The monoisotopic (exact) mass is 265 g/mol. The van der Waals surface area contributed by atoms with Crippen molar-refractivity contribution in [2.24, 2.45) is 0 Å². The molecular weight excluding hydrogens is 254 g/mol. The molecule has 0 bridgehead atoms. The van der Waals surface area contributed by atoms with Crippen molar-refractivity contribution in [1.82, 2.24) is 15.0 Å². The van der Waals surface area contributed by atoms with Crippen LogP contribution in [0.4, 0.5) is 0 Å². The molecule has 0 saturated heterocycles. The van der Waals surface area contributed by atoms with Gasteiger partial charge in [-0.15, -0.1) is 18.2 Å². The Balaban J connectivity index is 1.91. The summed E-state index contributed by atoms with van der Waals surface area (Å²) in [5.74, 6) is 4.17. The number of benzene rings is 1. The molecule has 0 aliphatic carbocycles. The Bertz CT molecular complexity index is 705. The van der Waals surface area contributed by atoms with Gasteiger partial charge in [-0.2, -0.15) is 0 Å². The molecule has 2 heterocycles. The average molecular weight is 265 g/mol. The van der Waals surface area contributed by atoms with Crippen LogP contribution in [0.15, 0.2) is 47.6 Å². The van der Waals surface area contributed by atoms with Crippen LogP contribution in [0.2, 0.25) is 0 Å². The number of thioether (sulfide) groups is 1. The molecule has 0 fully saturated rings. The third-order valence-electron chi connectivity index (χ3n) is 2.73. The third kappa shape index (κ3) is 2.47. The van der Waals surface area contributed by atoms with Gasteiger partial charge in [-0.25, -0.2) is 4.98 Å². The SMILES string of the molecule is C#CCSc1ccc(-c2nc3ccncc3[nH]2)cc1. The van der Waals surface area contributed by atoms with Gasteiger partial charge in [0.05, 0.1) is 23.0 Å². The normalized spacial score (nSPS) is 10.5. The zero-order valence-electron chi connectivity index (χ0n) is 10.1. The average Bonchev–Trinajstić information content (AvgIpc) is 2.89. The van der Waals surface area contributed by atoms with Crippen LogP contribution in [0.3, 0.4) is 0 Å². The van der Waals surface area contributed by atoms with Gasteiger partial charge in [-0.05, 0) is 18.2 Å². The highest BCUT2D eigenvalue weighted by atomic mass is 32.2. The van der Waals surface area contributed by atoms with Gasteiger partial charge in [0.25, 0.3) is 0 Å². The molecule has 1 N–H and O–H groups in total. The van der Waals surface area contributed by atoms with Crippen molar-refractivity contribution in [3.8, 4) is 23.7 Å². The Hall–Kier alpha value is -2.25. The van der Waals surface area contributed by atoms with E-state index in [0.29, 0.717) is 5.75 Å². The van der Waals surface area contributed by atoms with E-state index in [-0.39, 0.29) is 0 Å². The lowest BCUT2D eigenvalue weighted by Gasteiger charge is -1.99. The molecule has 3 rings (SSSR count). The first-order valence-electron chi connectivity index (χ1n) is 5.83. The molecule has 3 aromatic rings. The van der Waals surface area contributed by atoms with Crippen LogP contribution >= 0.6 is 11.8 Å². The van der Waals surface area contributed by atoms with E-state index in [2.05, 4.69) is 33.0 Å². The Labute approximate surface area is 115 Å². The van der Waals surface area contributed by atoms with Crippen molar-refractivity contribution in [2.45, 2.75) is 4.90 Å². The van der Waals surface area contributed by atoms with Crippen LogP contribution in [0.5, 0.6) is 0 Å². The second kappa shape index (κ2) is 5.17. The minimum Gasteiger partial charge on any atom is -0.337 e. The van der Waals surface area contributed by atoms with Crippen molar-refractivity contribution in [3.63, 3.8) is 0 Å². The number of H-pyrrole nitrogens is 1. The molecule has 0 spiro atoms. The molecule has 0 amide bonds. The first-order valence-corrected chi connectivity index (χ1v) is 6.82. The van der Waals surface area contributed by atoms with Crippen molar-refractivity contribution in [3.05, 3.63) is 42.7 Å². The van der Waals surface area contributed by atoms with Gasteiger partial charge >= 0.3 is 0 Å². The summed E-state index contributed by atoms with van der Waals surface area (Å²) in [5.41, 5.74) is 2.93. The van der Waals surface area contributed by atoms with E-state index >= 15 is 0 Å². The molecule has 0 atom stereocenters. The van der Waals surface area contributed by atoms with Gasteiger partial charge in [0, 0.05) is 16.7 Å².